The van der Waals surface area contributed by atoms with Gasteiger partial charge in [-0.1, -0.05) is 23.2 Å². The predicted octanol–water partition coefficient (Wildman–Crippen LogP) is 4.57. The Morgan fingerprint density at radius 3 is 2.29 bits per heavy atom. The molecule has 2 aromatic rings. The predicted molar refractivity (Wildman–Crippen MR) is 80.3 cm³/mol. The summed E-state index contributed by atoms with van der Waals surface area (Å²) in [5.41, 5.74) is -0.208. The average molecular weight is 331 g/mol. The third-order valence-corrected chi connectivity index (χ3v) is 3.30. The molecule has 0 heterocycles. The molecule has 0 atom stereocenters. The fourth-order valence-electron chi connectivity index (χ4n) is 1.73. The molecule has 2 rings (SSSR count). The second-order valence-corrected chi connectivity index (χ2v) is 4.99. The van der Waals surface area contributed by atoms with Crippen molar-refractivity contribution in [3.8, 4) is 0 Å². The molecule has 0 aliphatic carbocycles. The Bertz CT molecular complexity index is 684. The number of carbonyl (C=O) groups is 1. The molecule has 0 radical (unpaired) electrons. The van der Waals surface area contributed by atoms with Gasteiger partial charge in [0.2, 0.25) is 0 Å². The average Bonchev–Trinajstić information content (AvgIpc) is 2.42. The van der Waals surface area contributed by atoms with Crippen molar-refractivity contribution in [1.29, 1.82) is 0 Å². The number of hydrogen-bond donors (Lipinski definition) is 2. The molecular formula is C14H10Cl2F2N2O. The van der Waals surface area contributed by atoms with Crippen molar-refractivity contribution in [2.45, 2.75) is 0 Å². The van der Waals surface area contributed by atoms with Crippen LogP contribution < -0.4 is 10.6 Å². The molecule has 2 aromatic carbocycles. The van der Waals surface area contributed by atoms with Crippen molar-refractivity contribution in [1.82, 2.24) is 0 Å². The summed E-state index contributed by atoms with van der Waals surface area (Å²) in [5.74, 6) is -2.42. The summed E-state index contributed by atoms with van der Waals surface area (Å²) in [6, 6.07) is 6.37. The molecule has 0 aliphatic rings. The molecule has 0 aliphatic heterocycles. The van der Waals surface area contributed by atoms with Gasteiger partial charge in [0.1, 0.15) is 17.3 Å². The molecule has 2 N–H and O–H groups in total. The van der Waals surface area contributed by atoms with E-state index in [4.69, 9.17) is 23.2 Å². The van der Waals surface area contributed by atoms with Gasteiger partial charge in [-0.15, -0.1) is 0 Å². The Labute approximate surface area is 129 Å². The van der Waals surface area contributed by atoms with Crippen LogP contribution in [0.3, 0.4) is 0 Å². The van der Waals surface area contributed by atoms with E-state index < -0.39 is 17.5 Å². The Hall–Kier alpha value is -1.85. The summed E-state index contributed by atoms with van der Waals surface area (Å²) in [6.45, 7) is 0. The lowest BCUT2D eigenvalue weighted by Gasteiger charge is -2.10. The molecule has 0 bridgehead atoms. The van der Waals surface area contributed by atoms with Crippen molar-refractivity contribution in [2.24, 2.45) is 0 Å². The number of amides is 1. The Morgan fingerprint density at radius 1 is 1.10 bits per heavy atom. The zero-order chi connectivity index (χ0) is 15.6. The maximum absolute atomic E-state index is 13.6. The number of anilines is 2. The van der Waals surface area contributed by atoms with E-state index in [0.29, 0.717) is 5.02 Å². The van der Waals surface area contributed by atoms with E-state index in [1.54, 1.807) is 6.07 Å². The summed E-state index contributed by atoms with van der Waals surface area (Å²) in [7, 11) is 1.38. The van der Waals surface area contributed by atoms with Crippen molar-refractivity contribution in [3.05, 3.63) is 57.6 Å². The largest absolute Gasteiger partial charge is 0.383 e. The first-order valence-electron chi connectivity index (χ1n) is 5.85. The van der Waals surface area contributed by atoms with Crippen LogP contribution in [0.25, 0.3) is 0 Å². The summed E-state index contributed by atoms with van der Waals surface area (Å²) in [4.78, 5) is 12.0. The van der Waals surface area contributed by atoms with Crippen LogP contribution in [0.15, 0.2) is 30.3 Å². The molecule has 110 valence electrons. The van der Waals surface area contributed by atoms with Crippen LogP contribution in [0.2, 0.25) is 10.0 Å². The first kappa shape index (κ1) is 15.5. The number of rotatable bonds is 3. The highest BCUT2D eigenvalue weighted by Crippen LogP contribution is 2.26. The Kier molecular flexibility index (Phi) is 4.65. The van der Waals surface area contributed by atoms with Crippen molar-refractivity contribution < 1.29 is 13.6 Å². The number of carbonyl (C=O) groups excluding carboxylic acids is 1. The number of benzene rings is 2. The minimum Gasteiger partial charge on any atom is -0.383 e. The third kappa shape index (κ3) is 3.43. The van der Waals surface area contributed by atoms with E-state index in [2.05, 4.69) is 10.6 Å². The van der Waals surface area contributed by atoms with Crippen LogP contribution in [0, 0.1) is 11.6 Å². The van der Waals surface area contributed by atoms with Gasteiger partial charge in [-0.05, 0) is 30.3 Å². The van der Waals surface area contributed by atoms with Gasteiger partial charge in [0, 0.05) is 17.6 Å². The van der Waals surface area contributed by atoms with Crippen LogP contribution in [-0.4, -0.2) is 13.0 Å². The smallest absolute Gasteiger partial charge is 0.255 e. The number of halogens is 4. The Morgan fingerprint density at radius 2 is 1.71 bits per heavy atom. The summed E-state index contributed by atoms with van der Waals surface area (Å²) >= 11 is 11.7. The van der Waals surface area contributed by atoms with E-state index in [-0.39, 0.29) is 22.0 Å². The maximum atomic E-state index is 13.6. The van der Waals surface area contributed by atoms with Gasteiger partial charge in [-0.25, -0.2) is 8.78 Å². The van der Waals surface area contributed by atoms with Gasteiger partial charge in [0.15, 0.2) is 0 Å². The fraction of sp³-hybridized carbons (Fsp3) is 0.0714. The lowest BCUT2D eigenvalue weighted by molar-refractivity contribution is 0.102. The van der Waals surface area contributed by atoms with Gasteiger partial charge in [-0.2, -0.15) is 0 Å². The van der Waals surface area contributed by atoms with Crippen molar-refractivity contribution in [2.75, 3.05) is 17.7 Å². The molecule has 0 saturated carbocycles. The molecule has 0 aromatic heterocycles. The highest BCUT2D eigenvalue weighted by molar-refractivity contribution is 6.35. The Balaban J connectivity index is 2.31. The highest BCUT2D eigenvalue weighted by Gasteiger charge is 2.15. The minimum atomic E-state index is -0.861. The second-order valence-electron chi connectivity index (χ2n) is 4.14. The van der Waals surface area contributed by atoms with Crippen LogP contribution in [0.4, 0.5) is 20.2 Å². The number of hydrogen-bond acceptors (Lipinski definition) is 2. The molecule has 0 fully saturated rings. The van der Waals surface area contributed by atoms with E-state index in [1.807, 2.05) is 0 Å². The zero-order valence-electron chi connectivity index (χ0n) is 10.8. The molecule has 3 nitrogen and oxygen atoms in total. The van der Waals surface area contributed by atoms with Gasteiger partial charge in [0.25, 0.3) is 5.91 Å². The van der Waals surface area contributed by atoms with Crippen LogP contribution >= 0.6 is 23.2 Å². The van der Waals surface area contributed by atoms with Gasteiger partial charge in [0.05, 0.1) is 10.7 Å². The van der Waals surface area contributed by atoms with Gasteiger partial charge < -0.3 is 10.6 Å². The third-order valence-electron chi connectivity index (χ3n) is 2.73. The molecule has 1 amide bonds. The number of nitrogens with one attached hydrogen (secondary N) is 2. The van der Waals surface area contributed by atoms with Crippen LogP contribution in [0.1, 0.15) is 10.4 Å². The van der Waals surface area contributed by atoms with Crippen molar-refractivity contribution >= 4 is 40.5 Å². The van der Waals surface area contributed by atoms with Gasteiger partial charge >= 0.3 is 0 Å². The van der Waals surface area contributed by atoms with Gasteiger partial charge in [-0.3, -0.25) is 4.79 Å². The van der Waals surface area contributed by atoms with E-state index >= 15 is 0 Å². The molecular weight excluding hydrogens is 321 g/mol. The van der Waals surface area contributed by atoms with E-state index in [9.17, 15) is 13.6 Å². The van der Waals surface area contributed by atoms with Crippen LogP contribution in [0.5, 0.6) is 0 Å². The van der Waals surface area contributed by atoms with E-state index in [0.717, 1.165) is 12.1 Å². The molecule has 7 heteroatoms. The van der Waals surface area contributed by atoms with Crippen LogP contribution in [-0.2, 0) is 0 Å². The SMILES string of the molecule is CNc1c(F)cc(C(=O)Nc2cc(Cl)ccc2Cl)cc1F. The molecule has 0 saturated heterocycles. The maximum Gasteiger partial charge on any atom is 0.255 e. The standard InChI is InChI=1S/C14H10Cl2F2N2O/c1-19-13-10(17)4-7(5-11(13)18)14(21)20-12-6-8(15)2-3-9(12)16/h2-6,19H,1H3,(H,20,21). The topological polar surface area (TPSA) is 41.1 Å². The van der Waals surface area contributed by atoms with E-state index in [1.165, 1.54) is 19.2 Å². The first-order valence-corrected chi connectivity index (χ1v) is 6.61. The summed E-state index contributed by atoms with van der Waals surface area (Å²) in [5, 5.41) is 5.46. The lowest BCUT2D eigenvalue weighted by atomic mass is 10.1. The quantitative estimate of drug-likeness (QED) is 0.865. The second kappa shape index (κ2) is 6.28. The molecule has 21 heavy (non-hydrogen) atoms. The minimum absolute atomic E-state index is 0.167. The normalized spacial score (nSPS) is 10.3. The lowest BCUT2D eigenvalue weighted by Crippen LogP contribution is -2.13. The summed E-state index contributed by atoms with van der Waals surface area (Å²) in [6.07, 6.45) is 0. The summed E-state index contributed by atoms with van der Waals surface area (Å²) < 4.78 is 27.2. The fourth-order valence-corrected chi connectivity index (χ4v) is 2.07. The monoisotopic (exact) mass is 330 g/mol. The zero-order valence-corrected chi connectivity index (χ0v) is 12.3. The molecule has 0 spiro atoms. The molecule has 0 unspecified atom stereocenters. The highest BCUT2D eigenvalue weighted by atomic mass is 35.5. The van der Waals surface area contributed by atoms with Crippen molar-refractivity contribution in [3.63, 3.8) is 0 Å². The first-order chi connectivity index (χ1) is 9.92.